The van der Waals surface area contributed by atoms with Crippen molar-refractivity contribution in [3.8, 4) is 0 Å². The van der Waals surface area contributed by atoms with Gasteiger partial charge in [-0.2, -0.15) is 4.98 Å². The van der Waals surface area contributed by atoms with E-state index in [4.69, 9.17) is 4.52 Å². The topological polar surface area (TPSA) is 51.0 Å². The smallest absolute Gasteiger partial charge is 0.242 e. The third-order valence-electron chi connectivity index (χ3n) is 2.74. The predicted octanol–water partition coefficient (Wildman–Crippen LogP) is 1.57. The van der Waals surface area contributed by atoms with Crippen molar-refractivity contribution in [1.82, 2.24) is 15.5 Å². The van der Waals surface area contributed by atoms with Crippen LogP contribution < -0.4 is 5.32 Å². The Labute approximate surface area is 94.2 Å². The highest BCUT2D eigenvalue weighted by molar-refractivity contribution is 8.00. The molecule has 84 valence electrons. The summed E-state index contributed by atoms with van der Waals surface area (Å²) in [5.74, 6) is 2.81. The van der Waals surface area contributed by atoms with Crippen LogP contribution in [-0.2, 0) is 11.2 Å². The van der Waals surface area contributed by atoms with Crippen molar-refractivity contribution in [2.45, 2.75) is 30.9 Å². The van der Waals surface area contributed by atoms with Crippen molar-refractivity contribution in [3.05, 3.63) is 11.7 Å². The lowest BCUT2D eigenvalue weighted by atomic mass is 10.1. The van der Waals surface area contributed by atoms with Gasteiger partial charge in [0, 0.05) is 13.0 Å². The van der Waals surface area contributed by atoms with Crippen molar-refractivity contribution in [1.29, 1.82) is 0 Å². The lowest BCUT2D eigenvalue weighted by Crippen LogP contribution is -2.14. The van der Waals surface area contributed by atoms with Crippen LogP contribution in [0.2, 0.25) is 0 Å². The van der Waals surface area contributed by atoms with Crippen LogP contribution in [0.3, 0.4) is 0 Å². The molecule has 1 atom stereocenters. The zero-order chi connectivity index (χ0) is 10.7. The van der Waals surface area contributed by atoms with Crippen LogP contribution in [0.4, 0.5) is 0 Å². The summed E-state index contributed by atoms with van der Waals surface area (Å²) in [6.45, 7) is 3.09. The maximum Gasteiger partial charge on any atom is 0.242 e. The Morgan fingerprint density at radius 2 is 2.47 bits per heavy atom. The van der Waals surface area contributed by atoms with E-state index in [2.05, 4.69) is 22.4 Å². The molecule has 1 aromatic heterocycles. The summed E-state index contributed by atoms with van der Waals surface area (Å²) in [6, 6.07) is 0. The van der Waals surface area contributed by atoms with E-state index < -0.39 is 0 Å². The molecule has 0 radical (unpaired) electrons. The van der Waals surface area contributed by atoms with Gasteiger partial charge in [-0.3, -0.25) is 0 Å². The van der Waals surface area contributed by atoms with E-state index in [0.717, 1.165) is 31.1 Å². The number of rotatable bonds is 4. The molecule has 4 nitrogen and oxygen atoms in total. The van der Waals surface area contributed by atoms with Crippen LogP contribution in [-0.4, -0.2) is 29.5 Å². The van der Waals surface area contributed by atoms with Gasteiger partial charge >= 0.3 is 0 Å². The first-order chi connectivity index (χ1) is 7.24. The molecule has 2 heterocycles. The zero-order valence-electron chi connectivity index (χ0n) is 9.25. The molecule has 0 aromatic carbocycles. The third kappa shape index (κ3) is 2.34. The Bertz CT molecular complexity index is 320. The first-order valence-electron chi connectivity index (χ1n) is 5.36. The van der Waals surface area contributed by atoms with E-state index in [1.165, 1.54) is 12.2 Å². The number of aromatic nitrogens is 2. The number of nitrogens with zero attached hydrogens (tertiary/aromatic N) is 2. The minimum absolute atomic E-state index is 0.0604. The molecule has 5 heteroatoms. The summed E-state index contributed by atoms with van der Waals surface area (Å²) in [6.07, 6.45) is 3.22. The molecule has 0 saturated carbocycles. The summed E-state index contributed by atoms with van der Waals surface area (Å²) in [5, 5.41) is 7.08. The van der Waals surface area contributed by atoms with Crippen molar-refractivity contribution in [2.75, 3.05) is 19.3 Å². The standard InChI is InChI=1S/C10H17N3OS/c1-10(5-3-7-15-10)9-12-8(13-14-9)4-6-11-2/h11H,3-7H2,1-2H3. The van der Waals surface area contributed by atoms with Gasteiger partial charge in [0.1, 0.15) is 0 Å². The number of hydrogen-bond acceptors (Lipinski definition) is 5. The maximum atomic E-state index is 5.34. The predicted molar refractivity (Wildman–Crippen MR) is 61.0 cm³/mol. The highest BCUT2D eigenvalue weighted by Crippen LogP contribution is 2.45. The second-order valence-electron chi connectivity index (χ2n) is 4.05. The van der Waals surface area contributed by atoms with E-state index in [1.54, 1.807) is 0 Å². The molecule has 0 spiro atoms. The largest absolute Gasteiger partial charge is 0.338 e. The van der Waals surface area contributed by atoms with Crippen LogP contribution in [0.15, 0.2) is 4.52 Å². The molecule has 1 fully saturated rings. The van der Waals surface area contributed by atoms with Gasteiger partial charge in [-0.15, -0.1) is 11.8 Å². The Morgan fingerprint density at radius 3 is 3.13 bits per heavy atom. The minimum Gasteiger partial charge on any atom is -0.338 e. The summed E-state index contributed by atoms with van der Waals surface area (Å²) in [5.41, 5.74) is 0. The normalized spacial score (nSPS) is 26.0. The van der Waals surface area contributed by atoms with Crippen molar-refractivity contribution >= 4 is 11.8 Å². The van der Waals surface area contributed by atoms with E-state index >= 15 is 0 Å². The molecule has 0 amide bonds. The molecule has 1 aliphatic heterocycles. The highest BCUT2D eigenvalue weighted by Gasteiger charge is 2.36. The van der Waals surface area contributed by atoms with Gasteiger partial charge in [0.05, 0.1) is 4.75 Å². The molecule has 1 saturated heterocycles. The van der Waals surface area contributed by atoms with Gasteiger partial charge in [-0.05, 0) is 32.6 Å². The first kappa shape index (κ1) is 11.0. The quantitative estimate of drug-likeness (QED) is 0.846. The average molecular weight is 227 g/mol. The van der Waals surface area contributed by atoms with Crippen LogP contribution in [0, 0.1) is 0 Å². The molecule has 1 N–H and O–H groups in total. The minimum atomic E-state index is 0.0604. The number of nitrogens with one attached hydrogen (secondary N) is 1. The van der Waals surface area contributed by atoms with Gasteiger partial charge in [-0.25, -0.2) is 0 Å². The van der Waals surface area contributed by atoms with Crippen LogP contribution in [0.1, 0.15) is 31.5 Å². The fourth-order valence-electron chi connectivity index (χ4n) is 1.75. The van der Waals surface area contributed by atoms with Gasteiger partial charge in [0.2, 0.25) is 5.89 Å². The summed E-state index contributed by atoms with van der Waals surface area (Å²) in [7, 11) is 1.93. The van der Waals surface area contributed by atoms with Crippen molar-refractivity contribution < 1.29 is 4.52 Å². The van der Waals surface area contributed by atoms with E-state index in [0.29, 0.717) is 0 Å². The Kier molecular flexibility index (Phi) is 3.31. The van der Waals surface area contributed by atoms with Gasteiger partial charge in [0.15, 0.2) is 5.82 Å². The number of thioether (sulfide) groups is 1. The molecule has 2 rings (SSSR count). The highest BCUT2D eigenvalue weighted by atomic mass is 32.2. The summed E-state index contributed by atoms with van der Waals surface area (Å²) < 4.78 is 5.40. The van der Waals surface area contributed by atoms with Gasteiger partial charge in [0.25, 0.3) is 0 Å². The van der Waals surface area contributed by atoms with Crippen LogP contribution >= 0.6 is 11.8 Å². The van der Waals surface area contributed by atoms with Crippen molar-refractivity contribution in [2.24, 2.45) is 0 Å². The van der Waals surface area contributed by atoms with Crippen LogP contribution in [0.25, 0.3) is 0 Å². The Hall–Kier alpha value is -0.550. The van der Waals surface area contributed by atoms with Crippen molar-refractivity contribution in [3.63, 3.8) is 0 Å². The monoisotopic (exact) mass is 227 g/mol. The third-order valence-corrected chi connectivity index (χ3v) is 4.25. The van der Waals surface area contributed by atoms with E-state index in [9.17, 15) is 0 Å². The Balaban J connectivity index is 2.05. The van der Waals surface area contributed by atoms with Gasteiger partial charge in [-0.1, -0.05) is 5.16 Å². The maximum absolute atomic E-state index is 5.34. The first-order valence-corrected chi connectivity index (χ1v) is 6.35. The van der Waals surface area contributed by atoms with Crippen LogP contribution in [0.5, 0.6) is 0 Å². The number of hydrogen-bond donors (Lipinski definition) is 1. The lowest BCUT2D eigenvalue weighted by Gasteiger charge is -2.16. The van der Waals surface area contributed by atoms with E-state index in [-0.39, 0.29) is 4.75 Å². The number of likely N-dealkylation sites (N-methyl/N-ethyl adjacent to an activating group) is 1. The fraction of sp³-hybridized carbons (Fsp3) is 0.800. The fourth-order valence-corrected chi connectivity index (χ4v) is 2.99. The second-order valence-corrected chi connectivity index (χ2v) is 5.65. The molecule has 0 aliphatic carbocycles. The molecule has 1 aliphatic rings. The SMILES string of the molecule is CNCCc1noc(C2(C)CCCS2)n1. The summed E-state index contributed by atoms with van der Waals surface area (Å²) >= 11 is 1.92. The molecule has 1 aromatic rings. The molecular weight excluding hydrogens is 210 g/mol. The molecule has 15 heavy (non-hydrogen) atoms. The summed E-state index contributed by atoms with van der Waals surface area (Å²) in [4.78, 5) is 4.46. The zero-order valence-corrected chi connectivity index (χ0v) is 10.1. The van der Waals surface area contributed by atoms with E-state index in [1.807, 2.05) is 18.8 Å². The Morgan fingerprint density at radius 1 is 1.60 bits per heavy atom. The molecule has 1 unspecified atom stereocenters. The second kappa shape index (κ2) is 4.53. The van der Waals surface area contributed by atoms with Gasteiger partial charge < -0.3 is 9.84 Å². The average Bonchev–Trinajstić information content (AvgIpc) is 2.84. The molecular formula is C10H17N3OS. The lowest BCUT2D eigenvalue weighted by molar-refractivity contribution is 0.340. The molecule has 0 bridgehead atoms.